The monoisotopic (exact) mass is 479 g/mol. The van der Waals surface area contributed by atoms with Gasteiger partial charge in [-0.3, -0.25) is 9.69 Å². The predicted octanol–water partition coefficient (Wildman–Crippen LogP) is 3.96. The number of benzene rings is 2. The lowest BCUT2D eigenvalue weighted by molar-refractivity contribution is -0.123. The molecule has 1 atom stereocenters. The maximum absolute atomic E-state index is 12.8. The third kappa shape index (κ3) is 4.78. The smallest absolute Gasteiger partial charge is 0.237 e. The number of rotatable bonds is 7. The summed E-state index contributed by atoms with van der Waals surface area (Å²) < 4.78 is 5.28. The van der Waals surface area contributed by atoms with Crippen molar-refractivity contribution in [2.75, 3.05) is 20.2 Å². The van der Waals surface area contributed by atoms with Crippen LogP contribution in [0.2, 0.25) is 5.02 Å². The Morgan fingerprint density at radius 1 is 1.12 bits per heavy atom. The van der Waals surface area contributed by atoms with Gasteiger partial charge < -0.3 is 25.8 Å². The van der Waals surface area contributed by atoms with E-state index in [2.05, 4.69) is 26.4 Å². The van der Waals surface area contributed by atoms with E-state index in [9.17, 15) is 4.79 Å². The third-order valence-corrected chi connectivity index (χ3v) is 7.04. The second-order valence-electron chi connectivity index (χ2n) is 9.10. The van der Waals surface area contributed by atoms with Gasteiger partial charge in [-0.25, -0.2) is 0 Å². The number of piperidine rings is 1. The van der Waals surface area contributed by atoms with E-state index in [0.29, 0.717) is 6.42 Å². The van der Waals surface area contributed by atoms with Gasteiger partial charge in [0.1, 0.15) is 5.75 Å². The van der Waals surface area contributed by atoms with Crippen molar-refractivity contribution >= 4 is 39.3 Å². The molecule has 3 heterocycles. The Balaban J connectivity index is 1.13. The number of halogens is 1. The average molecular weight is 480 g/mol. The van der Waals surface area contributed by atoms with Crippen molar-refractivity contribution in [1.82, 2.24) is 20.2 Å². The molecule has 1 fully saturated rings. The van der Waals surface area contributed by atoms with E-state index in [1.165, 1.54) is 10.9 Å². The number of amides is 1. The fourth-order valence-corrected chi connectivity index (χ4v) is 5.03. The highest BCUT2D eigenvalue weighted by molar-refractivity contribution is 6.31. The number of aromatic nitrogens is 2. The molecule has 4 aromatic rings. The number of carbonyl (C=O) groups is 1. The fourth-order valence-electron chi connectivity index (χ4n) is 4.86. The zero-order valence-electron chi connectivity index (χ0n) is 19.2. The number of likely N-dealkylation sites (tertiary alicyclic amines) is 1. The summed E-state index contributed by atoms with van der Waals surface area (Å²) >= 11 is 6.18. The molecule has 178 valence electrons. The number of fused-ring (bicyclic) bond motifs is 2. The van der Waals surface area contributed by atoms with Gasteiger partial charge in [0, 0.05) is 71.0 Å². The number of nitrogens with one attached hydrogen (secondary N) is 3. The van der Waals surface area contributed by atoms with Gasteiger partial charge in [0.05, 0.1) is 13.2 Å². The molecule has 1 amide bonds. The molecule has 5 rings (SSSR count). The molecular formula is C26H30ClN5O2. The lowest BCUT2D eigenvalue weighted by Crippen LogP contribution is -2.50. The molecule has 0 unspecified atom stereocenters. The van der Waals surface area contributed by atoms with Crippen molar-refractivity contribution in [3.63, 3.8) is 0 Å². The number of aromatic amines is 2. The molecule has 0 aliphatic carbocycles. The predicted molar refractivity (Wildman–Crippen MR) is 136 cm³/mol. The van der Waals surface area contributed by atoms with Crippen molar-refractivity contribution in [3.8, 4) is 5.75 Å². The highest BCUT2D eigenvalue weighted by Gasteiger charge is 2.24. The molecule has 1 aliphatic heterocycles. The van der Waals surface area contributed by atoms with Crippen LogP contribution in [-0.4, -0.2) is 53.1 Å². The number of ether oxygens (including phenoxy) is 1. The molecule has 7 nitrogen and oxygen atoms in total. The Kier molecular flexibility index (Phi) is 6.50. The first-order valence-electron chi connectivity index (χ1n) is 11.7. The molecule has 2 aromatic heterocycles. The summed E-state index contributed by atoms with van der Waals surface area (Å²) in [5.41, 5.74) is 10.6. The van der Waals surface area contributed by atoms with Crippen LogP contribution in [0.15, 0.2) is 48.8 Å². The average Bonchev–Trinajstić information content (AvgIpc) is 3.43. The summed E-state index contributed by atoms with van der Waals surface area (Å²) in [5, 5.41) is 6.15. The van der Waals surface area contributed by atoms with Crippen LogP contribution in [0.4, 0.5) is 0 Å². The Morgan fingerprint density at radius 3 is 2.68 bits per heavy atom. The van der Waals surface area contributed by atoms with Crippen LogP contribution >= 0.6 is 11.6 Å². The molecule has 1 saturated heterocycles. The molecule has 5 N–H and O–H groups in total. The maximum Gasteiger partial charge on any atom is 0.237 e. The molecular weight excluding hydrogens is 450 g/mol. The zero-order chi connectivity index (χ0) is 23.7. The number of nitrogens with zero attached hydrogens (tertiary/aromatic N) is 1. The minimum Gasteiger partial charge on any atom is -0.497 e. The van der Waals surface area contributed by atoms with E-state index in [1.54, 1.807) is 7.11 Å². The van der Waals surface area contributed by atoms with Crippen LogP contribution in [0, 0.1) is 0 Å². The lowest BCUT2D eigenvalue weighted by atomic mass is 10.0. The summed E-state index contributed by atoms with van der Waals surface area (Å²) in [5.74, 6) is 0.704. The maximum atomic E-state index is 12.8. The van der Waals surface area contributed by atoms with Gasteiger partial charge >= 0.3 is 0 Å². The van der Waals surface area contributed by atoms with Crippen molar-refractivity contribution in [3.05, 3.63) is 64.9 Å². The Labute approximate surface area is 203 Å². The van der Waals surface area contributed by atoms with Crippen LogP contribution in [0.3, 0.4) is 0 Å². The third-order valence-electron chi connectivity index (χ3n) is 6.81. The fraction of sp³-hybridized carbons (Fsp3) is 0.346. The van der Waals surface area contributed by atoms with Crippen molar-refractivity contribution < 1.29 is 9.53 Å². The van der Waals surface area contributed by atoms with Crippen LogP contribution in [0.25, 0.3) is 21.8 Å². The van der Waals surface area contributed by atoms with Gasteiger partial charge in [0.2, 0.25) is 5.91 Å². The Morgan fingerprint density at radius 2 is 1.88 bits per heavy atom. The number of hydrogen-bond acceptors (Lipinski definition) is 4. The standard InChI is InChI=1S/C26H30ClN5O2/c1-34-20-3-4-21-16(13-30-25(21)12-20)10-23(28)26(33)31-19-6-8-32(9-7-19)15-17-14-29-24-5-2-18(27)11-22(17)24/h2-5,11-14,19,23,29-30H,6-10,15,28H2,1H3,(H,31,33)/t23-/m0/s1. The quantitative estimate of drug-likeness (QED) is 0.322. The Hall–Kier alpha value is -3.00. The normalized spacial score (nSPS) is 16.2. The zero-order valence-corrected chi connectivity index (χ0v) is 20.0. The molecule has 2 aromatic carbocycles. The molecule has 34 heavy (non-hydrogen) atoms. The highest BCUT2D eigenvalue weighted by atomic mass is 35.5. The van der Waals surface area contributed by atoms with Crippen LogP contribution < -0.4 is 15.8 Å². The molecule has 0 saturated carbocycles. The second-order valence-corrected chi connectivity index (χ2v) is 9.54. The summed E-state index contributed by atoms with van der Waals surface area (Å²) in [6.07, 6.45) is 6.30. The Bertz CT molecular complexity index is 1310. The minimum atomic E-state index is -0.588. The van der Waals surface area contributed by atoms with E-state index >= 15 is 0 Å². The van der Waals surface area contributed by atoms with Crippen LogP contribution in [-0.2, 0) is 17.8 Å². The van der Waals surface area contributed by atoms with Crippen molar-refractivity contribution in [2.45, 2.75) is 37.9 Å². The number of hydrogen-bond donors (Lipinski definition) is 4. The van der Waals surface area contributed by atoms with Crippen LogP contribution in [0.1, 0.15) is 24.0 Å². The van der Waals surface area contributed by atoms with Gasteiger partial charge in [0.15, 0.2) is 0 Å². The van der Waals surface area contributed by atoms with Crippen LogP contribution in [0.5, 0.6) is 5.75 Å². The van der Waals surface area contributed by atoms with E-state index in [4.69, 9.17) is 22.1 Å². The van der Waals surface area contributed by atoms with Gasteiger partial charge in [-0.1, -0.05) is 11.6 Å². The number of H-pyrrole nitrogens is 2. The van der Waals surface area contributed by atoms with Gasteiger partial charge in [-0.15, -0.1) is 0 Å². The number of nitrogens with two attached hydrogens (primary N) is 1. The number of carbonyl (C=O) groups excluding carboxylic acids is 1. The molecule has 0 radical (unpaired) electrons. The van der Waals surface area contributed by atoms with E-state index < -0.39 is 6.04 Å². The van der Waals surface area contributed by atoms with Crippen molar-refractivity contribution in [1.29, 1.82) is 0 Å². The van der Waals surface area contributed by atoms with E-state index in [-0.39, 0.29) is 11.9 Å². The first-order chi connectivity index (χ1) is 16.5. The largest absolute Gasteiger partial charge is 0.497 e. The van der Waals surface area contributed by atoms with Crippen molar-refractivity contribution in [2.24, 2.45) is 5.73 Å². The summed E-state index contributed by atoms with van der Waals surface area (Å²) in [4.78, 5) is 21.8. The molecule has 0 bridgehead atoms. The second kappa shape index (κ2) is 9.70. The molecule has 0 spiro atoms. The molecule has 8 heteroatoms. The van der Waals surface area contributed by atoms with E-state index in [0.717, 1.165) is 65.2 Å². The molecule has 1 aliphatic rings. The SMILES string of the molecule is COc1ccc2c(C[C@H](N)C(=O)NC3CCN(Cc4c[nH]c5ccc(Cl)cc45)CC3)c[nH]c2c1. The summed E-state index contributed by atoms with van der Waals surface area (Å²) in [7, 11) is 1.65. The topological polar surface area (TPSA) is 99.2 Å². The highest BCUT2D eigenvalue weighted by Crippen LogP contribution is 2.26. The first kappa shape index (κ1) is 22.8. The minimum absolute atomic E-state index is 0.0902. The van der Waals surface area contributed by atoms with Gasteiger partial charge in [-0.05, 0) is 60.7 Å². The first-order valence-corrected chi connectivity index (χ1v) is 12.1. The summed E-state index contributed by atoms with van der Waals surface area (Å²) in [6.45, 7) is 2.72. The number of methoxy groups -OCH3 is 1. The van der Waals surface area contributed by atoms with Gasteiger partial charge in [-0.2, -0.15) is 0 Å². The lowest BCUT2D eigenvalue weighted by Gasteiger charge is -2.32. The summed E-state index contributed by atoms with van der Waals surface area (Å²) in [6, 6.07) is 11.4. The van der Waals surface area contributed by atoms with Gasteiger partial charge in [0.25, 0.3) is 0 Å². The van der Waals surface area contributed by atoms with E-state index in [1.807, 2.05) is 42.6 Å².